The van der Waals surface area contributed by atoms with Gasteiger partial charge in [0.1, 0.15) is 17.1 Å². The second-order valence-electron chi connectivity index (χ2n) is 11.5. The Morgan fingerprint density at radius 1 is 1.20 bits per heavy atom. The van der Waals surface area contributed by atoms with Gasteiger partial charge < -0.3 is 15.2 Å². The number of pyridine rings is 1. The van der Waals surface area contributed by atoms with Crippen LogP contribution >= 0.6 is 22.9 Å². The summed E-state index contributed by atoms with van der Waals surface area (Å²) in [4.78, 5) is 17.0. The third-order valence-corrected chi connectivity index (χ3v) is 10.1. The lowest BCUT2D eigenvalue weighted by molar-refractivity contribution is -0.144. The summed E-state index contributed by atoms with van der Waals surface area (Å²) in [5.41, 5.74) is 2.51. The zero-order chi connectivity index (χ0) is 27.9. The van der Waals surface area contributed by atoms with Crippen LogP contribution in [0.25, 0.3) is 10.2 Å². The van der Waals surface area contributed by atoms with Crippen molar-refractivity contribution in [3.05, 3.63) is 88.1 Å². The third kappa shape index (κ3) is 4.94. The maximum Gasteiger partial charge on any atom is 0.329 e. The van der Waals surface area contributed by atoms with Crippen LogP contribution in [-0.4, -0.2) is 28.2 Å². The molecule has 1 unspecified atom stereocenters. The Hall–Kier alpha value is -3.16. The van der Waals surface area contributed by atoms with Crippen molar-refractivity contribution in [2.45, 2.75) is 56.4 Å². The molecule has 2 atom stereocenters. The van der Waals surface area contributed by atoms with Crippen molar-refractivity contribution in [1.82, 2.24) is 4.98 Å². The standard InChI is InChI=1S/C32H32ClFN2O3S/c1-20(19-39-28-7-13-35-27-8-14-40-29(27)28)15-22-16-21-5-6-24(34)18-26(21)31(22)9-11-32(12-10-31,30(37)38)36-25-4-2-3-23(33)17-25/h2-8,13-14,17-18,20,22,36H,9-12,15-16,19H2,1H3,(H,37,38)/t20-,22?,31?,32?/m1/s1. The van der Waals surface area contributed by atoms with Gasteiger partial charge in [0.25, 0.3) is 0 Å². The number of hydrogen-bond donors (Lipinski definition) is 2. The molecule has 0 amide bonds. The number of halogens is 2. The van der Waals surface area contributed by atoms with Gasteiger partial charge in [0.15, 0.2) is 0 Å². The van der Waals surface area contributed by atoms with Crippen molar-refractivity contribution in [1.29, 1.82) is 0 Å². The van der Waals surface area contributed by atoms with Crippen LogP contribution in [0.3, 0.4) is 0 Å². The van der Waals surface area contributed by atoms with Gasteiger partial charge in [-0.1, -0.05) is 30.7 Å². The average molecular weight is 579 g/mol. The summed E-state index contributed by atoms with van der Waals surface area (Å²) in [6.45, 7) is 2.78. The maximum atomic E-state index is 14.6. The first-order chi connectivity index (χ1) is 19.3. The minimum absolute atomic E-state index is 0.236. The van der Waals surface area contributed by atoms with Gasteiger partial charge in [-0.2, -0.15) is 0 Å². The highest BCUT2D eigenvalue weighted by Crippen LogP contribution is 2.56. The molecule has 1 fully saturated rings. The number of carboxylic acids is 1. The average Bonchev–Trinajstić information content (AvgIpc) is 3.52. The summed E-state index contributed by atoms with van der Waals surface area (Å²) in [7, 11) is 0. The van der Waals surface area contributed by atoms with Crippen LogP contribution in [0.4, 0.5) is 10.1 Å². The first-order valence-corrected chi connectivity index (χ1v) is 15.0. The van der Waals surface area contributed by atoms with E-state index < -0.39 is 11.5 Å². The smallest absolute Gasteiger partial charge is 0.329 e. The van der Waals surface area contributed by atoms with Gasteiger partial charge in [-0.05, 0) is 115 Å². The van der Waals surface area contributed by atoms with Gasteiger partial charge in [-0.3, -0.25) is 4.98 Å². The first kappa shape index (κ1) is 27.0. The number of nitrogens with zero attached hydrogens (tertiary/aromatic N) is 1. The number of carboxylic acid groups (broad SMARTS) is 1. The molecule has 208 valence electrons. The number of benzene rings is 2. The molecular formula is C32H32ClFN2O3S. The summed E-state index contributed by atoms with van der Waals surface area (Å²) in [5.74, 6) is 0.296. The van der Waals surface area contributed by atoms with Gasteiger partial charge in [-0.15, -0.1) is 11.3 Å². The van der Waals surface area contributed by atoms with Gasteiger partial charge in [0, 0.05) is 16.9 Å². The third-order valence-electron chi connectivity index (χ3n) is 8.99. The van der Waals surface area contributed by atoms with Crippen molar-refractivity contribution in [3.8, 4) is 5.75 Å². The molecule has 4 aromatic rings. The lowest BCUT2D eigenvalue weighted by Gasteiger charge is -2.47. The second kappa shape index (κ2) is 10.7. The van der Waals surface area contributed by atoms with Crippen LogP contribution < -0.4 is 10.1 Å². The molecule has 2 aromatic carbocycles. The van der Waals surface area contributed by atoms with Crippen molar-refractivity contribution in [3.63, 3.8) is 0 Å². The number of fused-ring (bicyclic) bond motifs is 3. The SMILES string of the molecule is C[C@@H](COc1ccnc2ccsc12)CC1Cc2ccc(F)cc2C12CCC(Nc1cccc(Cl)c1)(C(=O)O)CC2. The molecule has 5 nitrogen and oxygen atoms in total. The number of aromatic nitrogens is 1. The molecule has 2 aromatic heterocycles. The van der Waals surface area contributed by atoms with Gasteiger partial charge in [0.05, 0.1) is 16.8 Å². The Kier molecular flexibility index (Phi) is 7.21. The molecule has 2 N–H and O–H groups in total. The quantitative estimate of drug-likeness (QED) is 0.221. The number of hydrogen-bond acceptors (Lipinski definition) is 5. The highest BCUT2D eigenvalue weighted by molar-refractivity contribution is 7.17. The van der Waals surface area contributed by atoms with Gasteiger partial charge >= 0.3 is 5.97 Å². The van der Waals surface area contributed by atoms with E-state index in [1.807, 2.05) is 35.7 Å². The van der Waals surface area contributed by atoms with E-state index in [2.05, 4.69) is 17.2 Å². The fraction of sp³-hybridized carbons (Fsp3) is 0.375. The van der Waals surface area contributed by atoms with Gasteiger partial charge in [0.2, 0.25) is 0 Å². The number of ether oxygens (including phenoxy) is 1. The summed E-state index contributed by atoms with van der Waals surface area (Å²) >= 11 is 7.80. The van der Waals surface area contributed by atoms with Crippen LogP contribution in [-0.2, 0) is 16.6 Å². The van der Waals surface area contributed by atoms with E-state index in [9.17, 15) is 14.3 Å². The summed E-state index contributed by atoms with van der Waals surface area (Å²) in [6, 6.07) is 16.3. The van der Waals surface area contributed by atoms with E-state index in [1.54, 1.807) is 41.8 Å². The van der Waals surface area contributed by atoms with Crippen LogP contribution in [0.5, 0.6) is 5.75 Å². The van der Waals surface area contributed by atoms with E-state index in [0.717, 1.165) is 34.4 Å². The molecule has 1 saturated carbocycles. The molecule has 2 heterocycles. The molecular weight excluding hydrogens is 547 g/mol. The van der Waals surface area contributed by atoms with Crippen LogP contribution in [0.2, 0.25) is 5.02 Å². The lowest BCUT2D eigenvalue weighted by atomic mass is 9.59. The molecule has 1 spiro atoms. The molecule has 8 heteroatoms. The number of anilines is 1. The predicted octanol–water partition coefficient (Wildman–Crippen LogP) is 8.11. The molecule has 0 radical (unpaired) electrons. The molecule has 0 aliphatic heterocycles. The van der Waals surface area contributed by atoms with Crippen molar-refractivity contribution in [2.75, 3.05) is 11.9 Å². The van der Waals surface area contributed by atoms with Gasteiger partial charge in [-0.25, -0.2) is 9.18 Å². The van der Waals surface area contributed by atoms with E-state index in [1.165, 1.54) is 5.56 Å². The molecule has 6 rings (SSSR count). The van der Waals surface area contributed by atoms with Crippen LogP contribution in [0, 0.1) is 17.7 Å². The van der Waals surface area contributed by atoms with Crippen LogP contribution in [0.15, 0.2) is 66.2 Å². The number of carbonyl (C=O) groups is 1. The fourth-order valence-corrected chi connectivity index (χ4v) is 7.97. The normalized spacial score (nSPS) is 24.6. The van der Waals surface area contributed by atoms with Crippen molar-refractivity contribution >= 4 is 44.8 Å². The maximum absolute atomic E-state index is 14.6. The summed E-state index contributed by atoms with van der Waals surface area (Å²) in [6.07, 6.45) is 5.78. The predicted molar refractivity (Wildman–Crippen MR) is 158 cm³/mol. The highest BCUT2D eigenvalue weighted by Gasteiger charge is 2.54. The molecule has 0 bridgehead atoms. The van der Waals surface area contributed by atoms with E-state index in [-0.39, 0.29) is 23.1 Å². The summed E-state index contributed by atoms with van der Waals surface area (Å²) in [5, 5.41) is 16.2. The Labute approximate surface area is 242 Å². The summed E-state index contributed by atoms with van der Waals surface area (Å²) < 4.78 is 21.9. The Morgan fingerprint density at radius 2 is 2.02 bits per heavy atom. The molecule has 0 saturated heterocycles. The minimum atomic E-state index is -1.10. The van der Waals surface area contributed by atoms with E-state index >= 15 is 0 Å². The molecule has 2 aliphatic rings. The van der Waals surface area contributed by atoms with Crippen molar-refractivity contribution < 1.29 is 19.0 Å². The zero-order valence-corrected chi connectivity index (χ0v) is 23.9. The highest BCUT2D eigenvalue weighted by atomic mass is 35.5. The second-order valence-corrected chi connectivity index (χ2v) is 12.8. The van der Waals surface area contributed by atoms with E-state index in [0.29, 0.717) is 43.0 Å². The molecule has 40 heavy (non-hydrogen) atoms. The molecule has 2 aliphatic carbocycles. The monoisotopic (exact) mass is 578 g/mol. The Balaban J connectivity index is 1.22. The number of thiophene rings is 1. The Bertz CT molecular complexity index is 1550. The van der Waals surface area contributed by atoms with Crippen LogP contribution in [0.1, 0.15) is 50.2 Å². The topological polar surface area (TPSA) is 71.5 Å². The Morgan fingerprint density at radius 3 is 2.80 bits per heavy atom. The number of rotatable bonds is 8. The lowest BCUT2D eigenvalue weighted by Crippen LogP contribution is -2.53. The van der Waals surface area contributed by atoms with Crippen molar-refractivity contribution in [2.24, 2.45) is 11.8 Å². The fourth-order valence-electron chi connectivity index (χ4n) is 6.96. The largest absolute Gasteiger partial charge is 0.492 e. The number of nitrogens with one attached hydrogen (secondary N) is 1. The number of aliphatic carboxylic acids is 1. The first-order valence-electron chi connectivity index (χ1n) is 13.8. The minimum Gasteiger partial charge on any atom is -0.492 e. The van der Waals surface area contributed by atoms with E-state index in [4.69, 9.17) is 16.3 Å². The zero-order valence-electron chi connectivity index (χ0n) is 22.3.